The molecule has 16 heavy (non-hydrogen) atoms. The van der Waals surface area contributed by atoms with E-state index in [-0.39, 0.29) is 0 Å². The summed E-state index contributed by atoms with van der Waals surface area (Å²) >= 11 is 3.31. The van der Waals surface area contributed by atoms with Gasteiger partial charge in [0, 0.05) is 17.9 Å². The second kappa shape index (κ2) is 5.20. The average molecular weight is 286 g/mol. The number of hydrogen-bond acceptors (Lipinski definition) is 5. The zero-order chi connectivity index (χ0) is 11.4. The summed E-state index contributed by atoms with van der Waals surface area (Å²) in [6, 6.07) is 0. The maximum Gasteiger partial charge on any atom is 0.248 e. The molecule has 0 saturated heterocycles. The van der Waals surface area contributed by atoms with Crippen molar-refractivity contribution < 1.29 is 4.52 Å². The van der Waals surface area contributed by atoms with E-state index in [1.54, 1.807) is 4.68 Å². The van der Waals surface area contributed by atoms with E-state index in [1.165, 1.54) is 0 Å². The van der Waals surface area contributed by atoms with Gasteiger partial charge in [-0.15, -0.1) is 5.10 Å². The summed E-state index contributed by atoms with van der Waals surface area (Å²) in [7, 11) is 0. The van der Waals surface area contributed by atoms with Gasteiger partial charge in [-0.05, 0) is 6.42 Å². The molecule has 0 aliphatic heterocycles. The van der Waals surface area contributed by atoms with Gasteiger partial charge in [-0.2, -0.15) is 4.98 Å². The number of aryl methyl sites for hydroxylation is 1. The zero-order valence-electron chi connectivity index (χ0n) is 8.93. The third-order valence-corrected chi connectivity index (χ3v) is 2.58. The SMILES string of the molecule is CCCc1noc(Cn2cc(CBr)nn2)n1. The van der Waals surface area contributed by atoms with Gasteiger partial charge in [0.15, 0.2) is 5.82 Å². The van der Waals surface area contributed by atoms with E-state index in [9.17, 15) is 0 Å². The molecule has 2 aromatic rings. The van der Waals surface area contributed by atoms with Crippen LogP contribution in [0.25, 0.3) is 0 Å². The van der Waals surface area contributed by atoms with Gasteiger partial charge in [-0.3, -0.25) is 0 Å². The number of halogens is 1. The van der Waals surface area contributed by atoms with E-state index in [2.05, 4.69) is 43.3 Å². The summed E-state index contributed by atoms with van der Waals surface area (Å²) in [6.07, 6.45) is 3.70. The molecular formula is C9H12BrN5O. The number of aromatic nitrogens is 5. The molecule has 2 heterocycles. The molecule has 0 radical (unpaired) electrons. The Hall–Kier alpha value is -1.24. The van der Waals surface area contributed by atoms with Crippen molar-refractivity contribution >= 4 is 15.9 Å². The Bertz CT molecular complexity index is 452. The molecule has 0 aliphatic rings. The van der Waals surface area contributed by atoms with Gasteiger partial charge in [0.2, 0.25) is 5.89 Å². The van der Waals surface area contributed by atoms with Crippen molar-refractivity contribution in [2.75, 3.05) is 0 Å². The second-order valence-electron chi connectivity index (χ2n) is 3.40. The fraction of sp³-hybridized carbons (Fsp3) is 0.556. The highest BCUT2D eigenvalue weighted by Gasteiger charge is 2.07. The van der Waals surface area contributed by atoms with E-state index in [1.807, 2.05) is 6.20 Å². The van der Waals surface area contributed by atoms with Crippen LogP contribution >= 0.6 is 15.9 Å². The molecule has 2 aromatic heterocycles. The first kappa shape index (κ1) is 11.3. The average Bonchev–Trinajstić information content (AvgIpc) is 2.89. The molecule has 0 fully saturated rings. The van der Waals surface area contributed by atoms with Crippen LogP contribution in [-0.2, 0) is 18.3 Å². The van der Waals surface area contributed by atoms with Gasteiger partial charge in [0.05, 0.1) is 5.69 Å². The van der Waals surface area contributed by atoms with Crippen LogP contribution in [0.1, 0.15) is 30.8 Å². The van der Waals surface area contributed by atoms with Crippen LogP contribution in [0.3, 0.4) is 0 Å². The predicted molar refractivity (Wildman–Crippen MR) is 60.0 cm³/mol. The quantitative estimate of drug-likeness (QED) is 0.780. The summed E-state index contributed by atoms with van der Waals surface area (Å²) < 4.78 is 6.78. The summed E-state index contributed by atoms with van der Waals surface area (Å²) in [5.41, 5.74) is 0.883. The summed E-state index contributed by atoms with van der Waals surface area (Å²) in [5.74, 6) is 1.31. The third kappa shape index (κ3) is 2.66. The van der Waals surface area contributed by atoms with E-state index >= 15 is 0 Å². The van der Waals surface area contributed by atoms with Crippen LogP contribution in [0.4, 0.5) is 0 Å². The highest BCUT2D eigenvalue weighted by atomic mass is 79.9. The van der Waals surface area contributed by atoms with E-state index in [0.29, 0.717) is 17.8 Å². The van der Waals surface area contributed by atoms with Crippen molar-refractivity contribution in [1.82, 2.24) is 25.1 Å². The van der Waals surface area contributed by atoms with Gasteiger partial charge in [0.25, 0.3) is 0 Å². The molecule has 0 unspecified atom stereocenters. The molecule has 86 valence electrons. The molecule has 0 aromatic carbocycles. The Labute approximate surface area is 101 Å². The predicted octanol–water partition coefficient (Wildman–Crippen LogP) is 1.56. The smallest absolute Gasteiger partial charge is 0.248 e. The van der Waals surface area contributed by atoms with Gasteiger partial charge in [-0.25, -0.2) is 4.68 Å². The topological polar surface area (TPSA) is 69.6 Å². The van der Waals surface area contributed by atoms with Crippen LogP contribution < -0.4 is 0 Å². The lowest BCUT2D eigenvalue weighted by atomic mass is 10.3. The first-order valence-electron chi connectivity index (χ1n) is 5.08. The summed E-state index contributed by atoms with van der Waals surface area (Å²) in [6.45, 7) is 2.55. The normalized spacial score (nSPS) is 10.9. The van der Waals surface area contributed by atoms with Crippen molar-refractivity contribution in [1.29, 1.82) is 0 Å². The Morgan fingerprint density at radius 3 is 3.06 bits per heavy atom. The fourth-order valence-electron chi connectivity index (χ4n) is 1.30. The minimum atomic E-state index is 0.469. The van der Waals surface area contributed by atoms with Crippen molar-refractivity contribution in [3.63, 3.8) is 0 Å². The Morgan fingerprint density at radius 1 is 1.50 bits per heavy atom. The van der Waals surface area contributed by atoms with Gasteiger partial charge in [0.1, 0.15) is 6.54 Å². The highest BCUT2D eigenvalue weighted by molar-refractivity contribution is 9.08. The maximum atomic E-state index is 5.10. The van der Waals surface area contributed by atoms with E-state index in [4.69, 9.17) is 4.52 Å². The molecule has 0 atom stereocenters. The largest absolute Gasteiger partial charge is 0.337 e. The molecule has 0 N–H and O–H groups in total. The van der Waals surface area contributed by atoms with Gasteiger partial charge >= 0.3 is 0 Å². The summed E-state index contributed by atoms with van der Waals surface area (Å²) in [5, 5.41) is 12.5. The molecule has 0 spiro atoms. The lowest BCUT2D eigenvalue weighted by Gasteiger charge is -1.91. The summed E-state index contributed by atoms with van der Waals surface area (Å²) in [4.78, 5) is 4.25. The minimum Gasteiger partial charge on any atom is -0.337 e. The zero-order valence-corrected chi connectivity index (χ0v) is 10.5. The standard InChI is InChI=1S/C9H12BrN5O/c1-2-3-8-11-9(16-13-8)6-15-5-7(4-10)12-14-15/h5H,2-4,6H2,1H3. The van der Waals surface area contributed by atoms with Crippen molar-refractivity contribution in [2.45, 2.75) is 31.6 Å². The maximum absolute atomic E-state index is 5.10. The first-order chi connectivity index (χ1) is 7.81. The molecule has 0 saturated carbocycles. The third-order valence-electron chi connectivity index (χ3n) is 2.00. The molecule has 0 amide bonds. The van der Waals surface area contributed by atoms with E-state index in [0.717, 1.165) is 24.4 Å². The number of alkyl halides is 1. The number of rotatable bonds is 5. The fourth-order valence-corrected chi connectivity index (χ4v) is 1.55. The highest BCUT2D eigenvalue weighted by Crippen LogP contribution is 2.04. The van der Waals surface area contributed by atoms with Crippen molar-refractivity contribution in [3.05, 3.63) is 23.6 Å². The molecule has 0 aliphatic carbocycles. The Morgan fingerprint density at radius 2 is 2.38 bits per heavy atom. The van der Waals surface area contributed by atoms with Crippen LogP contribution in [0.5, 0.6) is 0 Å². The van der Waals surface area contributed by atoms with Crippen LogP contribution in [0, 0.1) is 0 Å². The molecule has 2 rings (SSSR count). The number of hydrogen-bond donors (Lipinski definition) is 0. The minimum absolute atomic E-state index is 0.469. The molecule has 7 heteroatoms. The lowest BCUT2D eigenvalue weighted by Crippen LogP contribution is -2.01. The Balaban J connectivity index is 2.02. The van der Waals surface area contributed by atoms with Crippen molar-refractivity contribution in [3.8, 4) is 0 Å². The molecule has 0 bridgehead atoms. The van der Waals surface area contributed by atoms with Gasteiger partial charge in [-0.1, -0.05) is 33.2 Å². The van der Waals surface area contributed by atoms with Crippen LogP contribution in [-0.4, -0.2) is 25.1 Å². The molecular weight excluding hydrogens is 274 g/mol. The van der Waals surface area contributed by atoms with Crippen LogP contribution in [0.2, 0.25) is 0 Å². The monoisotopic (exact) mass is 285 g/mol. The Kier molecular flexibility index (Phi) is 3.66. The second-order valence-corrected chi connectivity index (χ2v) is 3.96. The molecule has 6 nitrogen and oxygen atoms in total. The van der Waals surface area contributed by atoms with E-state index < -0.39 is 0 Å². The van der Waals surface area contributed by atoms with Crippen molar-refractivity contribution in [2.24, 2.45) is 0 Å². The van der Waals surface area contributed by atoms with Crippen LogP contribution in [0.15, 0.2) is 10.7 Å². The van der Waals surface area contributed by atoms with Gasteiger partial charge < -0.3 is 4.52 Å². The first-order valence-corrected chi connectivity index (χ1v) is 6.20. The lowest BCUT2D eigenvalue weighted by molar-refractivity contribution is 0.359. The number of nitrogens with zero attached hydrogens (tertiary/aromatic N) is 5.